The molecule has 2 heterocycles. The van der Waals surface area contributed by atoms with Crippen molar-refractivity contribution in [3.05, 3.63) is 34.4 Å². The second kappa shape index (κ2) is 3.16. The molecule has 0 spiro atoms. The summed E-state index contributed by atoms with van der Waals surface area (Å²) in [6.07, 6.45) is 1.55. The summed E-state index contributed by atoms with van der Waals surface area (Å²) in [5.74, 6) is -0.832. The molecule has 0 unspecified atom stereocenters. The number of nitrogens with two attached hydrogens (primary N) is 1. The smallest absolute Gasteiger partial charge is 0.283 e. The van der Waals surface area contributed by atoms with E-state index in [-0.39, 0.29) is 5.69 Å². The number of fused-ring (bicyclic) bond motifs is 1. The topological polar surface area (TPSA) is 90.9 Å². The van der Waals surface area contributed by atoms with Gasteiger partial charge >= 0.3 is 0 Å². The third-order valence-corrected chi connectivity index (χ3v) is 2.06. The largest absolute Gasteiger partial charge is 0.364 e. The molecule has 6 heteroatoms. The summed E-state index contributed by atoms with van der Waals surface area (Å²) in [7, 11) is 1.52. The molecule has 0 aliphatic carbocycles. The zero-order valence-corrected chi connectivity index (χ0v) is 7.97. The fraction of sp³-hybridized carbons (Fsp3) is 0.111. The molecule has 2 N–H and O–H groups in total. The van der Waals surface area contributed by atoms with Gasteiger partial charge in [0.15, 0.2) is 11.3 Å². The van der Waals surface area contributed by atoms with Crippen molar-refractivity contribution in [2.75, 3.05) is 0 Å². The van der Waals surface area contributed by atoms with E-state index in [2.05, 4.69) is 9.97 Å². The number of hydrogen-bond acceptors (Lipinski definition) is 4. The molecule has 0 aliphatic rings. The van der Waals surface area contributed by atoms with Crippen molar-refractivity contribution in [1.29, 1.82) is 0 Å². The number of hydrogen-bond donors (Lipinski definition) is 1. The highest BCUT2D eigenvalue weighted by molar-refractivity contribution is 5.92. The number of nitrogens with zero attached hydrogens (tertiary/aromatic N) is 3. The molecule has 1 amide bonds. The van der Waals surface area contributed by atoms with E-state index in [0.717, 1.165) is 0 Å². The minimum absolute atomic E-state index is 0.266. The quantitative estimate of drug-likeness (QED) is 0.673. The average Bonchev–Trinajstić information content (AvgIpc) is 2.23. The molecular weight excluding hydrogens is 196 g/mol. The van der Waals surface area contributed by atoms with E-state index in [9.17, 15) is 9.59 Å². The van der Waals surface area contributed by atoms with Crippen molar-refractivity contribution in [2.24, 2.45) is 12.8 Å². The molecule has 15 heavy (non-hydrogen) atoms. The van der Waals surface area contributed by atoms with Crippen LogP contribution in [0.15, 0.2) is 23.1 Å². The van der Waals surface area contributed by atoms with E-state index >= 15 is 0 Å². The fourth-order valence-electron chi connectivity index (χ4n) is 1.32. The minimum Gasteiger partial charge on any atom is -0.364 e. The molecule has 0 saturated carbocycles. The summed E-state index contributed by atoms with van der Waals surface area (Å²) >= 11 is 0. The zero-order chi connectivity index (χ0) is 11.0. The predicted molar refractivity (Wildman–Crippen MR) is 53.3 cm³/mol. The lowest BCUT2D eigenvalue weighted by Crippen LogP contribution is -2.30. The van der Waals surface area contributed by atoms with Gasteiger partial charge in [0.25, 0.3) is 11.5 Å². The van der Waals surface area contributed by atoms with Crippen LogP contribution in [0, 0.1) is 0 Å². The molecule has 2 aromatic heterocycles. The van der Waals surface area contributed by atoms with Gasteiger partial charge in [-0.1, -0.05) is 0 Å². The van der Waals surface area contributed by atoms with Gasteiger partial charge in [0.1, 0.15) is 5.52 Å². The van der Waals surface area contributed by atoms with Crippen LogP contribution in [0.5, 0.6) is 0 Å². The van der Waals surface area contributed by atoms with Crippen LogP contribution in [-0.4, -0.2) is 20.4 Å². The van der Waals surface area contributed by atoms with Crippen molar-refractivity contribution in [3.8, 4) is 0 Å². The highest BCUT2D eigenvalue weighted by atomic mass is 16.2. The molecule has 76 valence electrons. The van der Waals surface area contributed by atoms with Crippen molar-refractivity contribution >= 4 is 17.1 Å². The van der Waals surface area contributed by atoms with Crippen molar-refractivity contribution in [1.82, 2.24) is 14.5 Å². The summed E-state index contributed by atoms with van der Waals surface area (Å²) in [6.45, 7) is 0. The summed E-state index contributed by atoms with van der Waals surface area (Å²) in [4.78, 5) is 30.4. The summed E-state index contributed by atoms with van der Waals surface area (Å²) < 4.78 is 1.25. The Kier molecular flexibility index (Phi) is 1.96. The molecule has 0 aliphatic heterocycles. The molecule has 0 atom stereocenters. The first kappa shape index (κ1) is 9.32. The van der Waals surface area contributed by atoms with Gasteiger partial charge in [-0.15, -0.1) is 0 Å². The van der Waals surface area contributed by atoms with Gasteiger partial charge in [0.2, 0.25) is 0 Å². The number of rotatable bonds is 1. The summed E-state index contributed by atoms with van der Waals surface area (Å²) in [5.41, 5.74) is 5.13. The predicted octanol–water partition coefficient (Wildman–Crippen LogP) is -0.573. The molecule has 0 bridgehead atoms. The zero-order valence-electron chi connectivity index (χ0n) is 7.97. The average molecular weight is 204 g/mol. The van der Waals surface area contributed by atoms with Crippen LogP contribution in [0.3, 0.4) is 0 Å². The Hall–Kier alpha value is -2.24. The lowest BCUT2D eigenvalue weighted by atomic mass is 10.3. The van der Waals surface area contributed by atoms with Gasteiger partial charge in [-0.3, -0.25) is 14.2 Å². The van der Waals surface area contributed by atoms with Crippen molar-refractivity contribution in [3.63, 3.8) is 0 Å². The van der Waals surface area contributed by atoms with Crippen LogP contribution >= 0.6 is 0 Å². The highest BCUT2D eigenvalue weighted by Gasteiger charge is 2.12. The normalized spacial score (nSPS) is 10.5. The van der Waals surface area contributed by atoms with Crippen LogP contribution in [0.25, 0.3) is 11.2 Å². The Morgan fingerprint density at radius 1 is 1.53 bits per heavy atom. The number of primary amides is 1. The molecular formula is C9H8N4O2. The number of aromatic nitrogens is 3. The molecule has 2 rings (SSSR count). The monoisotopic (exact) mass is 204 g/mol. The van der Waals surface area contributed by atoms with Gasteiger partial charge in [0, 0.05) is 13.2 Å². The Labute approximate surface area is 84.4 Å². The summed E-state index contributed by atoms with van der Waals surface area (Å²) in [6, 6.07) is 3.33. The van der Waals surface area contributed by atoms with Crippen LogP contribution in [0.2, 0.25) is 0 Å². The third kappa shape index (κ3) is 1.35. The van der Waals surface area contributed by atoms with Crippen molar-refractivity contribution < 1.29 is 4.79 Å². The van der Waals surface area contributed by atoms with Crippen LogP contribution in [0.1, 0.15) is 10.5 Å². The summed E-state index contributed by atoms with van der Waals surface area (Å²) in [5, 5.41) is 0. The van der Waals surface area contributed by atoms with Gasteiger partial charge in [-0.2, -0.15) is 0 Å². The molecule has 0 radical (unpaired) electrons. The second-order valence-corrected chi connectivity index (χ2v) is 3.03. The Balaban J connectivity index is 2.95. The van der Waals surface area contributed by atoms with E-state index in [0.29, 0.717) is 11.2 Å². The van der Waals surface area contributed by atoms with Crippen molar-refractivity contribution in [2.45, 2.75) is 0 Å². The molecule has 0 saturated heterocycles. The number of pyridine rings is 1. The minimum atomic E-state index is -0.832. The number of aryl methyl sites for hydroxylation is 1. The van der Waals surface area contributed by atoms with E-state index < -0.39 is 11.5 Å². The van der Waals surface area contributed by atoms with Crippen LogP contribution < -0.4 is 11.3 Å². The van der Waals surface area contributed by atoms with Gasteiger partial charge in [0.05, 0.1) is 0 Å². The van der Waals surface area contributed by atoms with E-state index in [4.69, 9.17) is 5.73 Å². The van der Waals surface area contributed by atoms with E-state index in [1.807, 2.05) is 0 Å². The van der Waals surface area contributed by atoms with E-state index in [1.54, 1.807) is 18.3 Å². The molecule has 2 aromatic rings. The van der Waals surface area contributed by atoms with E-state index in [1.165, 1.54) is 11.6 Å². The third-order valence-electron chi connectivity index (χ3n) is 2.06. The lowest BCUT2D eigenvalue weighted by Gasteiger charge is -2.03. The van der Waals surface area contributed by atoms with Crippen LogP contribution in [-0.2, 0) is 7.05 Å². The molecule has 6 nitrogen and oxygen atoms in total. The maximum Gasteiger partial charge on any atom is 0.283 e. The lowest BCUT2D eigenvalue weighted by molar-refractivity contribution is 0.0994. The molecule has 0 aromatic carbocycles. The number of carbonyl (C=O) groups excluding carboxylic acids is 1. The fourth-order valence-corrected chi connectivity index (χ4v) is 1.32. The second-order valence-electron chi connectivity index (χ2n) is 3.03. The Bertz CT molecular complexity index is 603. The first-order valence-electron chi connectivity index (χ1n) is 4.23. The first-order chi connectivity index (χ1) is 7.11. The Morgan fingerprint density at radius 2 is 2.27 bits per heavy atom. The molecule has 0 fully saturated rings. The van der Waals surface area contributed by atoms with Crippen LogP contribution in [0.4, 0.5) is 0 Å². The van der Waals surface area contributed by atoms with Gasteiger partial charge in [-0.25, -0.2) is 9.97 Å². The van der Waals surface area contributed by atoms with Gasteiger partial charge in [-0.05, 0) is 12.1 Å². The first-order valence-corrected chi connectivity index (χ1v) is 4.23. The standard InChI is InChI=1S/C9H8N4O2/c1-13-8-5(3-2-4-11-8)12-6(7(10)14)9(13)15/h2-4H,1H3,(H2,10,14). The maximum absolute atomic E-state index is 11.6. The number of amides is 1. The Morgan fingerprint density at radius 3 is 2.93 bits per heavy atom. The maximum atomic E-state index is 11.6. The SMILES string of the molecule is Cn1c(=O)c(C(N)=O)nc2cccnc21. The number of carbonyl (C=O) groups is 1. The van der Waals surface area contributed by atoms with Gasteiger partial charge < -0.3 is 5.73 Å². The highest BCUT2D eigenvalue weighted by Crippen LogP contribution is 2.04.